The van der Waals surface area contributed by atoms with Crippen LogP contribution in [0.1, 0.15) is 16.8 Å². The van der Waals surface area contributed by atoms with Gasteiger partial charge in [0.1, 0.15) is 5.60 Å². The van der Waals surface area contributed by atoms with Crippen molar-refractivity contribution < 1.29 is 14.6 Å². The molecule has 0 aromatic heterocycles. The molecular weight excluding hydrogens is 321 g/mol. The maximum Gasteiger partial charge on any atom is 0.251 e. The zero-order chi connectivity index (χ0) is 13.2. The number of carbonyl (C=O) groups is 1. The summed E-state index contributed by atoms with van der Waals surface area (Å²) in [7, 11) is 0. The minimum absolute atomic E-state index is 0.180. The van der Waals surface area contributed by atoms with Crippen LogP contribution in [0.3, 0.4) is 0 Å². The second-order valence-corrected chi connectivity index (χ2v) is 5.60. The van der Waals surface area contributed by atoms with Crippen LogP contribution in [0.25, 0.3) is 0 Å². The molecule has 1 aromatic carbocycles. The van der Waals surface area contributed by atoms with Crippen molar-refractivity contribution in [3.63, 3.8) is 0 Å². The van der Waals surface area contributed by atoms with E-state index in [1.54, 1.807) is 18.2 Å². The summed E-state index contributed by atoms with van der Waals surface area (Å²) in [6.07, 6.45) is 0.536. The Kier molecular flexibility index (Phi) is 4.27. The molecule has 1 aliphatic heterocycles. The van der Waals surface area contributed by atoms with Gasteiger partial charge in [0, 0.05) is 29.6 Å². The lowest BCUT2D eigenvalue weighted by Gasteiger charge is -2.20. The Bertz CT molecular complexity index is 461. The summed E-state index contributed by atoms with van der Waals surface area (Å²) in [5.74, 6) is -0.260. The molecule has 0 bridgehead atoms. The van der Waals surface area contributed by atoms with Crippen LogP contribution >= 0.6 is 27.5 Å². The van der Waals surface area contributed by atoms with E-state index in [-0.39, 0.29) is 19.1 Å². The van der Waals surface area contributed by atoms with Gasteiger partial charge < -0.3 is 15.2 Å². The summed E-state index contributed by atoms with van der Waals surface area (Å²) in [5.41, 5.74) is -0.486. The van der Waals surface area contributed by atoms with E-state index in [4.69, 9.17) is 16.3 Å². The molecule has 1 fully saturated rings. The van der Waals surface area contributed by atoms with E-state index in [1.165, 1.54) is 0 Å². The highest BCUT2D eigenvalue weighted by atomic mass is 79.9. The lowest BCUT2D eigenvalue weighted by Crippen LogP contribution is -2.43. The third kappa shape index (κ3) is 3.23. The van der Waals surface area contributed by atoms with Gasteiger partial charge in [0.25, 0.3) is 5.91 Å². The van der Waals surface area contributed by atoms with Crippen molar-refractivity contribution in [3.05, 3.63) is 33.3 Å². The van der Waals surface area contributed by atoms with E-state index in [2.05, 4.69) is 21.2 Å². The van der Waals surface area contributed by atoms with Gasteiger partial charge in [-0.1, -0.05) is 11.6 Å². The number of hydrogen-bond acceptors (Lipinski definition) is 3. The molecule has 1 unspecified atom stereocenters. The van der Waals surface area contributed by atoms with Gasteiger partial charge in [-0.2, -0.15) is 0 Å². The first-order chi connectivity index (χ1) is 8.50. The molecular formula is C12H13BrClNO3. The Balaban J connectivity index is 1.97. The van der Waals surface area contributed by atoms with Crippen LogP contribution in [0.5, 0.6) is 0 Å². The number of nitrogens with one attached hydrogen (secondary N) is 1. The predicted octanol–water partition coefficient (Wildman–Crippen LogP) is 1.98. The van der Waals surface area contributed by atoms with E-state index in [0.29, 0.717) is 23.6 Å². The Hall–Kier alpha value is -0.620. The van der Waals surface area contributed by atoms with Gasteiger partial charge >= 0.3 is 0 Å². The maximum atomic E-state index is 11.9. The van der Waals surface area contributed by atoms with E-state index in [0.717, 1.165) is 4.47 Å². The molecule has 1 aromatic rings. The van der Waals surface area contributed by atoms with Crippen LogP contribution in [0.15, 0.2) is 22.7 Å². The van der Waals surface area contributed by atoms with Crippen molar-refractivity contribution >= 4 is 33.4 Å². The van der Waals surface area contributed by atoms with Crippen LogP contribution < -0.4 is 5.32 Å². The van der Waals surface area contributed by atoms with Gasteiger partial charge in [-0.05, 0) is 34.1 Å². The molecule has 1 atom stereocenters. The van der Waals surface area contributed by atoms with Gasteiger partial charge in [0.15, 0.2) is 0 Å². The number of halogens is 2. The van der Waals surface area contributed by atoms with Crippen LogP contribution in [-0.2, 0) is 4.74 Å². The molecule has 4 nitrogen and oxygen atoms in total. The third-order valence-electron chi connectivity index (χ3n) is 2.84. The minimum Gasteiger partial charge on any atom is -0.386 e. The van der Waals surface area contributed by atoms with Crippen molar-refractivity contribution in [3.8, 4) is 0 Å². The highest BCUT2D eigenvalue weighted by molar-refractivity contribution is 9.10. The van der Waals surface area contributed by atoms with E-state index >= 15 is 0 Å². The predicted molar refractivity (Wildman–Crippen MR) is 71.9 cm³/mol. The third-order valence-corrected chi connectivity index (χ3v) is 4.07. The Morgan fingerprint density at radius 1 is 1.61 bits per heavy atom. The molecule has 1 aliphatic rings. The van der Waals surface area contributed by atoms with Gasteiger partial charge in [-0.15, -0.1) is 0 Å². The molecule has 18 heavy (non-hydrogen) atoms. The molecule has 0 saturated carbocycles. The Labute approximate surface area is 118 Å². The van der Waals surface area contributed by atoms with Gasteiger partial charge in [-0.25, -0.2) is 0 Å². The number of aliphatic hydroxyl groups is 1. The fourth-order valence-corrected chi connectivity index (χ4v) is 2.15. The monoisotopic (exact) mass is 333 g/mol. The first-order valence-corrected chi connectivity index (χ1v) is 6.71. The van der Waals surface area contributed by atoms with Crippen molar-refractivity contribution in [2.75, 3.05) is 19.8 Å². The second kappa shape index (κ2) is 5.57. The topological polar surface area (TPSA) is 58.6 Å². The van der Waals surface area contributed by atoms with Crippen LogP contribution in [0.2, 0.25) is 5.02 Å². The summed E-state index contributed by atoms with van der Waals surface area (Å²) in [4.78, 5) is 11.9. The highest BCUT2D eigenvalue weighted by Crippen LogP contribution is 2.23. The van der Waals surface area contributed by atoms with Crippen molar-refractivity contribution in [2.24, 2.45) is 0 Å². The summed E-state index contributed by atoms with van der Waals surface area (Å²) in [5, 5.41) is 13.2. The SMILES string of the molecule is O=C(NCC1(O)CCOC1)c1ccc(Br)c(Cl)c1. The summed E-state index contributed by atoms with van der Waals surface area (Å²) >= 11 is 9.18. The summed E-state index contributed by atoms with van der Waals surface area (Å²) in [6.45, 7) is 0.963. The number of ether oxygens (including phenoxy) is 1. The lowest BCUT2D eigenvalue weighted by atomic mass is 10.0. The molecule has 1 heterocycles. The van der Waals surface area contributed by atoms with Gasteiger partial charge in [-0.3, -0.25) is 4.79 Å². The molecule has 98 valence electrons. The first kappa shape index (κ1) is 13.8. The van der Waals surface area contributed by atoms with E-state index in [9.17, 15) is 9.90 Å². The Morgan fingerprint density at radius 3 is 3.00 bits per heavy atom. The van der Waals surface area contributed by atoms with Crippen LogP contribution in [0, 0.1) is 0 Å². The average Bonchev–Trinajstić information content (AvgIpc) is 2.77. The van der Waals surface area contributed by atoms with Gasteiger partial charge in [0.2, 0.25) is 0 Å². The fourth-order valence-electron chi connectivity index (χ4n) is 1.72. The first-order valence-electron chi connectivity index (χ1n) is 5.54. The number of benzene rings is 1. The molecule has 2 rings (SSSR count). The maximum absolute atomic E-state index is 11.9. The largest absolute Gasteiger partial charge is 0.386 e. The molecule has 6 heteroatoms. The molecule has 2 N–H and O–H groups in total. The zero-order valence-corrected chi connectivity index (χ0v) is 11.9. The van der Waals surface area contributed by atoms with Crippen LogP contribution in [0.4, 0.5) is 0 Å². The minimum atomic E-state index is -0.950. The number of hydrogen-bond donors (Lipinski definition) is 2. The molecule has 1 saturated heterocycles. The standard InChI is InChI=1S/C12H13BrClNO3/c13-9-2-1-8(5-10(9)14)11(16)15-6-12(17)3-4-18-7-12/h1-2,5,17H,3-4,6-7H2,(H,15,16). The molecule has 0 spiro atoms. The van der Waals surface area contributed by atoms with Crippen molar-refractivity contribution in [2.45, 2.75) is 12.0 Å². The number of carbonyl (C=O) groups excluding carboxylic acids is 1. The summed E-state index contributed by atoms with van der Waals surface area (Å²) in [6, 6.07) is 4.96. The van der Waals surface area contributed by atoms with Crippen molar-refractivity contribution in [1.82, 2.24) is 5.32 Å². The Morgan fingerprint density at radius 2 is 2.39 bits per heavy atom. The molecule has 0 radical (unpaired) electrons. The smallest absolute Gasteiger partial charge is 0.251 e. The lowest BCUT2D eigenvalue weighted by molar-refractivity contribution is 0.0264. The zero-order valence-electron chi connectivity index (χ0n) is 9.58. The summed E-state index contributed by atoms with van der Waals surface area (Å²) < 4.78 is 5.84. The molecule has 0 aliphatic carbocycles. The quantitative estimate of drug-likeness (QED) is 0.889. The van der Waals surface area contributed by atoms with Crippen molar-refractivity contribution in [1.29, 1.82) is 0 Å². The fraction of sp³-hybridized carbons (Fsp3) is 0.417. The average molecular weight is 335 g/mol. The molecule has 1 amide bonds. The van der Waals surface area contributed by atoms with E-state index in [1.807, 2.05) is 0 Å². The van der Waals surface area contributed by atoms with Crippen LogP contribution in [-0.4, -0.2) is 36.4 Å². The van der Waals surface area contributed by atoms with Gasteiger partial charge in [0.05, 0.1) is 11.6 Å². The van der Waals surface area contributed by atoms with E-state index < -0.39 is 5.60 Å². The normalized spacial score (nSPS) is 23.1. The second-order valence-electron chi connectivity index (χ2n) is 4.34. The highest BCUT2D eigenvalue weighted by Gasteiger charge is 2.32. The number of amides is 1. The number of rotatable bonds is 3.